The largest absolute Gasteiger partial charge is 0.462 e. The molecule has 0 saturated carbocycles. The van der Waals surface area contributed by atoms with Gasteiger partial charge in [-0.05, 0) is 58.8 Å². The van der Waals surface area contributed by atoms with Gasteiger partial charge in [-0.2, -0.15) is 0 Å². The van der Waals surface area contributed by atoms with Crippen LogP contribution < -0.4 is 0 Å². The van der Waals surface area contributed by atoms with Crippen molar-refractivity contribution in [3.8, 4) is 0 Å². The number of hydrogen-bond acceptors (Lipinski definition) is 10. The Morgan fingerprint density at radius 3 is 1.11 bits per heavy atom. The lowest BCUT2D eigenvalue weighted by Gasteiger charge is -2.18. The van der Waals surface area contributed by atoms with Crippen LogP contribution in [0.2, 0.25) is 0 Å². The third-order valence-corrected chi connectivity index (χ3v) is 13.3. The fraction of sp³-hybridized carbons (Fsp3) is 0.945. The first-order chi connectivity index (χ1) is 31.7. The van der Waals surface area contributed by atoms with Crippen molar-refractivity contribution in [3.63, 3.8) is 0 Å². The Morgan fingerprint density at radius 2 is 0.723 bits per heavy atom. The number of esters is 3. The van der Waals surface area contributed by atoms with Gasteiger partial charge in [0, 0.05) is 19.3 Å². The molecule has 0 spiro atoms. The maximum atomic E-state index is 12.8. The van der Waals surface area contributed by atoms with E-state index in [0.29, 0.717) is 56.9 Å². The molecule has 0 aromatic rings. The average Bonchev–Trinajstić information content (AvgIpc) is 4.23. The molecule has 0 radical (unpaired) electrons. The Hall–Kier alpha value is -1.75. The fourth-order valence-corrected chi connectivity index (χ4v) is 8.66. The number of carbonyl (C=O) groups is 3. The van der Waals surface area contributed by atoms with E-state index in [4.69, 9.17) is 33.2 Å². The highest BCUT2D eigenvalue weighted by Crippen LogP contribution is 2.30. The molecule has 10 heteroatoms. The number of rotatable bonds is 49. The van der Waals surface area contributed by atoms with Crippen molar-refractivity contribution in [1.82, 2.24) is 0 Å². The average molecular weight is 923 g/mol. The summed E-state index contributed by atoms with van der Waals surface area (Å²) in [5, 5.41) is 0. The van der Waals surface area contributed by atoms with Gasteiger partial charge in [-0.15, -0.1) is 0 Å². The first-order valence-electron chi connectivity index (χ1n) is 27.8. The van der Waals surface area contributed by atoms with E-state index < -0.39 is 6.10 Å². The molecule has 0 amide bonds. The van der Waals surface area contributed by atoms with Crippen LogP contribution in [0.25, 0.3) is 0 Å². The number of epoxide rings is 2. The minimum absolute atomic E-state index is 0.101. The predicted octanol–water partition coefficient (Wildman–Crippen LogP) is 14.4. The molecule has 6 atom stereocenters. The van der Waals surface area contributed by atoms with E-state index in [9.17, 15) is 14.4 Å². The van der Waals surface area contributed by atoms with Crippen LogP contribution in [-0.2, 0) is 47.5 Å². The molecular formula is C55H102O10. The van der Waals surface area contributed by atoms with Gasteiger partial charge < -0.3 is 33.2 Å². The second-order valence-corrected chi connectivity index (χ2v) is 19.8. The lowest BCUT2D eigenvalue weighted by Crippen LogP contribution is -2.30. The molecule has 2 aliphatic rings. The van der Waals surface area contributed by atoms with Gasteiger partial charge in [0.2, 0.25) is 0 Å². The van der Waals surface area contributed by atoms with Gasteiger partial charge in [-0.3, -0.25) is 14.4 Å². The Labute approximate surface area is 399 Å². The van der Waals surface area contributed by atoms with Crippen LogP contribution >= 0.6 is 0 Å². The number of unbranched alkanes of at least 4 members (excludes halogenated alkanes) is 24. The van der Waals surface area contributed by atoms with E-state index >= 15 is 0 Å². The van der Waals surface area contributed by atoms with E-state index in [0.717, 1.165) is 109 Å². The summed E-state index contributed by atoms with van der Waals surface area (Å²) in [5.74, 6) is -0.946. The minimum Gasteiger partial charge on any atom is -0.462 e. The number of carbonyl (C=O) groups excluding carboxylic acids is 3. The number of ether oxygens (including phenoxy) is 7. The van der Waals surface area contributed by atoms with Gasteiger partial charge >= 0.3 is 17.9 Å². The molecule has 0 bridgehead atoms. The minimum atomic E-state index is -0.802. The van der Waals surface area contributed by atoms with Crippen molar-refractivity contribution in [3.05, 3.63) is 0 Å². The molecule has 2 saturated heterocycles. The van der Waals surface area contributed by atoms with Gasteiger partial charge in [-0.25, -0.2) is 0 Å². The summed E-state index contributed by atoms with van der Waals surface area (Å²) in [4.78, 5) is 38.2. The second-order valence-electron chi connectivity index (χ2n) is 19.8. The van der Waals surface area contributed by atoms with E-state index in [1.807, 2.05) is 0 Å². The zero-order chi connectivity index (χ0) is 47.0. The van der Waals surface area contributed by atoms with Crippen LogP contribution in [0.15, 0.2) is 0 Å². The van der Waals surface area contributed by atoms with Gasteiger partial charge in [0.25, 0.3) is 0 Å². The Morgan fingerprint density at radius 1 is 0.400 bits per heavy atom. The second kappa shape index (κ2) is 41.2. The maximum absolute atomic E-state index is 12.8. The van der Waals surface area contributed by atoms with E-state index in [1.54, 1.807) is 0 Å². The Bertz CT molecular complexity index is 1070. The standard InChI is InChI=1S/C55H102O10/c1-6-9-12-13-14-15-16-17-18-19-20-25-34-41-55(58)63-48(42-61-53(56)39-32-26-21-23-30-37-49-51(64-49)44-59-46(4)35-28-10-7-2)43-62-54(57)40-33-27-22-24-31-38-50-52(65-50)45-60-47(5)36-29-11-8-3/h46-52H,6-45H2,1-5H3. The summed E-state index contributed by atoms with van der Waals surface area (Å²) in [6, 6.07) is 0. The quantitative estimate of drug-likeness (QED) is 0.0252. The molecule has 0 aromatic heterocycles. The molecule has 382 valence electrons. The van der Waals surface area contributed by atoms with Crippen LogP contribution in [0.5, 0.6) is 0 Å². The van der Waals surface area contributed by atoms with Crippen molar-refractivity contribution in [2.24, 2.45) is 0 Å². The number of hydrogen-bond donors (Lipinski definition) is 0. The third kappa shape index (κ3) is 36.0. The van der Waals surface area contributed by atoms with Crippen LogP contribution in [0.3, 0.4) is 0 Å². The van der Waals surface area contributed by atoms with Crippen LogP contribution in [0.4, 0.5) is 0 Å². The molecule has 0 aromatic carbocycles. The van der Waals surface area contributed by atoms with E-state index in [-0.39, 0.29) is 43.3 Å². The monoisotopic (exact) mass is 923 g/mol. The summed E-state index contributed by atoms with van der Waals surface area (Å²) in [6.45, 7) is 12.2. The summed E-state index contributed by atoms with van der Waals surface area (Å²) in [6.07, 6.45) is 39.9. The molecule has 10 nitrogen and oxygen atoms in total. The molecule has 2 aliphatic heterocycles. The van der Waals surface area contributed by atoms with Crippen LogP contribution in [0, 0.1) is 0 Å². The first kappa shape index (κ1) is 59.4. The molecule has 2 fully saturated rings. The van der Waals surface area contributed by atoms with Gasteiger partial charge in [-0.1, -0.05) is 188 Å². The Kier molecular flexibility index (Phi) is 37.7. The smallest absolute Gasteiger partial charge is 0.306 e. The first-order valence-corrected chi connectivity index (χ1v) is 27.8. The molecule has 0 N–H and O–H groups in total. The zero-order valence-electron chi connectivity index (χ0n) is 42.9. The molecule has 0 aliphatic carbocycles. The highest BCUT2D eigenvalue weighted by molar-refractivity contribution is 5.71. The van der Waals surface area contributed by atoms with Gasteiger partial charge in [0.05, 0.1) is 37.6 Å². The topological polar surface area (TPSA) is 122 Å². The summed E-state index contributed by atoms with van der Waals surface area (Å²) in [7, 11) is 0. The van der Waals surface area contributed by atoms with E-state index in [1.165, 1.54) is 103 Å². The fourth-order valence-electron chi connectivity index (χ4n) is 8.66. The normalized spacial score (nSPS) is 19.2. The van der Waals surface area contributed by atoms with Crippen molar-refractivity contribution in [2.45, 2.75) is 308 Å². The third-order valence-electron chi connectivity index (χ3n) is 13.3. The lowest BCUT2D eigenvalue weighted by molar-refractivity contribution is -0.167. The summed E-state index contributed by atoms with van der Waals surface area (Å²) in [5.41, 5.74) is 0. The van der Waals surface area contributed by atoms with Gasteiger partial charge in [0.1, 0.15) is 25.4 Å². The SMILES string of the molecule is CCCCCCCCCCCCCCCC(=O)OC(COC(=O)CCCCCCCC1OC1COC(C)CCCCC)COC(=O)CCCCCCCC1OC1COC(C)CCCCC. The maximum Gasteiger partial charge on any atom is 0.306 e. The highest BCUT2D eigenvalue weighted by Gasteiger charge is 2.39. The molecular weight excluding hydrogens is 821 g/mol. The van der Waals surface area contributed by atoms with Crippen molar-refractivity contribution in [2.75, 3.05) is 26.4 Å². The molecule has 2 rings (SSSR count). The van der Waals surface area contributed by atoms with Crippen LogP contribution in [0.1, 0.15) is 266 Å². The molecule has 2 heterocycles. The molecule has 6 unspecified atom stereocenters. The van der Waals surface area contributed by atoms with Crippen molar-refractivity contribution < 1.29 is 47.5 Å². The highest BCUT2D eigenvalue weighted by atomic mass is 16.6. The van der Waals surface area contributed by atoms with Crippen LogP contribution in [-0.4, -0.2) is 87.1 Å². The van der Waals surface area contributed by atoms with Crippen molar-refractivity contribution >= 4 is 17.9 Å². The van der Waals surface area contributed by atoms with Gasteiger partial charge in [0.15, 0.2) is 6.10 Å². The summed E-state index contributed by atoms with van der Waals surface area (Å²) >= 11 is 0. The predicted molar refractivity (Wildman–Crippen MR) is 263 cm³/mol. The van der Waals surface area contributed by atoms with E-state index in [2.05, 4.69) is 34.6 Å². The molecule has 65 heavy (non-hydrogen) atoms. The zero-order valence-corrected chi connectivity index (χ0v) is 42.9. The lowest BCUT2D eigenvalue weighted by atomic mass is 10.0. The Balaban J connectivity index is 1.58. The summed E-state index contributed by atoms with van der Waals surface area (Å²) < 4.78 is 40.4. The van der Waals surface area contributed by atoms with Crippen molar-refractivity contribution in [1.29, 1.82) is 0 Å².